The predicted octanol–water partition coefficient (Wildman–Crippen LogP) is 4.27. The molecular weight excluding hydrogens is 336 g/mol. The van der Waals surface area contributed by atoms with Gasteiger partial charge < -0.3 is 9.80 Å². The van der Waals surface area contributed by atoms with Crippen molar-refractivity contribution < 1.29 is 9.59 Å². The van der Waals surface area contributed by atoms with Crippen LogP contribution in [0.1, 0.15) is 56.1 Å². The topological polar surface area (TPSA) is 40.6 Å². The molecule has 0 aliphatic carbocycles. The average Bonchev–Trinajstić information content (AvgIpc) is 2.95. The van der Waals surface area contributed by atoms with Crippen molar-refractivity contribution >= 4 is 23.2 Å². The zero-order chi connectivity index (χ0) is 19.7. The average molecular weight is 362 g/mol. The molecule has 2 aliphatic heterocycles. The lowest BCUT2D eigenvalue weighted by Crippen LogP contribution is -2.42. The van der Waals surface area contributed by atoms with Crippen molar-refractivity contribution in [1.29, 1.82) is 0 Å². The fourth-order valence-corrected chi connectivity index (χ4v) is 4.52. The maximum atomic E-state index is 13.5. The Bertz CT molecular complexity index is 974. The summed E-state index contributed by atoms with van der Waals surface area (Å²) in [6.45, 7) is 10.3. The number of benzene rings is 2. The first-order valence-corrected chi connectivity index (χ1v) is 9.44. The maximum absolute atomic E-state index is 13.5. The van der Waals surface area contributed by atoms with Gasteiger partial charge in [0, 0.05) is 35.4 Å². The molecule has 1 unspecified atom stereocenters. The van der Waals surface area contributed by atoms with Crippen LogP contribution in [0.4, 0.5) is 11.4 Å². The van der Waals surface area contributed by atoms with Gasteiger partial charge in [0.25, 0.3) is 5.91 Å². The minimum atomic E-state index is -0.617. The van der Waals surface area contributed by atoms with Crippen LogP contribution in [-0.4, -0.2) is 24.9 Å². The minimum absolute atomic E-state index is 0.0128. The first-order chi connectivity index (χ1) is 12.6. The van der Waals surface area contributed by atoms with E-state index in [0.717, 1.165) is 16.9 Å². The van der Waals surface area contributed by atoms with Crippen molar-refractivity contribution in [2.24, 2.45) is 0 Å². The number of amides is 2. The maximum Gasteiger partial charge on any atom is 0.258 e. The van der Waals surface area contributed by atoms with E-state index < -0.39 is 5.41 Å². The zero-order valence-corrected chi connectivity index (χ0v) is 16.8. The summed E-state index contributed by atoms with van der Waals surface area (Å²) in [4.78, 5) is 29.7. The molecule has 2 aliphatic rings. The molecule has 0 spiro atoms. The monoisotopic (exact) mass is 362 g/mol. The number of carbonyl (C=O) groups excluding carboxylic acids is 2. The van der Waals surface area contributed by atoms with Crippen molar-refractivity contribution in [2.75, 3.05) is 16.8 Å². The SMILES string of the molecule is CC1N(C(=O)c2ccc3c(c2)C(C)(C)C(=O)N3C)c2ccccc2C1(C)C. The summed E-state index contributed by atoms with van der Waals surface area (Å²) in [5.74, 6) is 0.0456. The molecule has 2 aromatic carbocycles. The number of hydrogen-bond donors (Lipinski definition) is 0. The van der Waals surface area contributed by atoms with E-state index in [0.29, 0.717) is 5.56 Å². The molecule has 4 heteroatoms. The first-order valence-electron chi connectivity index (χ1n) is 9.44. The second-order valence-electron chi connectivity index (χ2n) is 8.81. The third-order valence-electron chi connectivity index (χ3n) is 6.63. The Balaban J connectivity index is 1.80. The van der Waals surface area contributed by atoms with Crippen LogP contribution in [0.15, 0.2) is 42.5 Å². The fourth-order valence-electron chi connectivity index (χ4n) is 4.52. The molecule has 2 amide bonds. The van der Waals surface area contributed by atoms with Gasteiger partial charge in [0.2, 0.25) is 5.91 Å². The summed E-state index contributed by atoms with van der Waals surface area (Å²) >= 11 is 0. The summed E-state index contributed by atoms with van der Waals surface area (Å²) in [7, 11) is 1.79. The van der Waals surface area contributed by atoms with E-state index in [2.05, 4.69) is 26.8 Å². The van der Waals surface area contributed by atoms with E-state index in [9.17, 15) is 9.59 Å². The van der Waals surface area contributed by atoms with Crippen LogP contribution in [0.3, 0.4) is 0 Å². The van der Waals surface area contributed by atoms with Gasteiger partial charge in [-0.15, -0.1) is 0 Å². The number of carbonyl (C=O) groups is 2. The van der Waals surface area contributed by atoms with Gasteiger partial charge in [-0.1, -0.05) is 32.0 Å². The van der Waals surface area contributed by atoms with Gasteiger partial charge in [0.1, 0.15) is 0 Å². The van der Waals surface area contributed by atoms with Crippen LogP contribution < -0.4 is 9.80 Å². The van der Waals surface area contributed by atoms with Crippen molar-refractivity contribution in [1.82, 2.24) is 0 Å². The Morgan fingerprint density at radius 1 is 0.963 bits per heavy atom. The second-order valence-corrected chi connectivity index (χ2v) is 8.81. The Kier molecular flexibility index (Phi) is 3.58. The van der Waals surface area contributed by atoms with E-state index in [1.54, 1.807) is 11.9 Å². The van der Waals surface area contributed by atoms with Gasteiger partial charge in [0.15, 0.2) is 0 Å². The highest BCUT2D eigenvalue weighted by atomic mass is 16.2. The number of fused-ring (bicyclic) bond motifs is 2. The second kappa shape index (κ2) is 5.44. The van der Waals surface area contributed by atoms with Crippen LogP contribution in [-0.2, 0) is 15.6 Å². The highest BCUT2D eigenvalue weighted by Crippen LogP contribution is 2.46. The molecule has 0 saturated carbocycles. The molecule has 0 N–H and O–H groups in total. The van der Waals surface area contributed by atoms with E-state index in [4.69, 9.17) is 0 Å². The lowest BCUT2D eigenvalue weighted by Gasteiger charge is -2.30. The largest absolute Gasteiger partial charge is 0.314 e. The Labute approximate surface area is 160 Å². The Hall–Kier alpha value is -2.62. The van der Waals surface area contributed by atoms with Gasteiger partial charge in [-0.25, -0.2) is 0 Å². The molecule has 1 atom stereocenters. The van der Waals surface area contributed by atoms with Crippen LogP contribution >= 0.6 is 0 Å². The number of rotatable bonds is 1. The van der Waals surface area contributed by atoms with E-state index >= 15 is 0 Å². The molecule has 0 aromatic heterocycles. The van der Waals surface area contributed by atoms with Gasteiger partial charge in [0.05, 0.1) is 5.41 Å². The standard InChI is InChI=1S/C23H26N2O2/c1-14-22(2,3)16-9-7-8-10-19(16)25(14)20(26)15-11-12-18-17(13-15)23(4,5)21(27)24(18)6/h7-14H,1-6H3. The molecule has 140 valence electrons. The third kappa shape index (κ3) is 2.22. The van der Waals surface area contributed by atoms with Crippen LogP contribution in [0.5, 0.6) is 0 Å². The van der Waals surface area contributed by atoms with E-state index in [-0.39, 0.29) is 23.3 Å². The van der Waals surface area contributed by atoms with Crippen LogP contribution in [0.25, 0.3) is 0 Å². The number of anilines is 2. The molecular formula is C23H26N2O2. The Morgan fingerprint density at radius 2 is 1.63 bits per heavy atom. The highest BCUT2D eigenvalue weighted by molar-refractivity contribution is 6.11. The van der Waals surface area contributed by atoms with Gasteiger partial charge in [-0.05, 0) is 56.2 Å². The van der Waals surface area contributed by atoms with Crippen molar-refractivity contribution in [3.63, 3.8) is 0 Å². The van der Waals surface area contributed by atoms with Gasteiger partial charge in [-0.3, -0.25) is 9.59 Å². The molecule has 2 aromatic rings. The lowest BCUT2D eigenvalue weighted by atomic mass is 9.81. The van der Waals surface area contributed by atoms with Crippen molar-refractivity contribution in [2.45, 2.75) is 51.5 Å². The summed E-state index contributed by atoms with van der Waals surface area (Å²) < 4.78 is 0. The summed E-state index contributed by atoms with van der Waals surface area (Å²) in [6.07, 6.45) is 0. The van der Waals surface area contributed by atoms with Gasteiger partial charge >= 0.3 is 0 Å². The van der Waals surface area contributed by atoms with E-state index in [1.165, 1.54) is 5.56 Å². The third-order valence-corrected chi connectivity index (χ3v) is 6.63. The Morgan fingerprint density at radius 3 is 2.33 bits per heavy atom. The smallest absolute Gasteiger partial charge is 0.258 e. The first kappa shape index (κ1) is 17.8. The molecule has 0 bridgehead atoms. The number of hydrogen-bond acceptors (Lipinski definition) is 2. The lowest BCUT2D eigenvalue weighted by molar-refractivity contribution is -0.121. The number of nitrogens with zero attached hydrogens (tertiary/aromatic N) is 2. The van der Waals surface area contributed by atoms with Crippen molar-refractivity contribution in [3.8, 4) is 0 Å². The molecule has 0 radical (unpaired) electrons. The fraction of sp³-hybridized carbons (Fsp3) is 0.391. The van der Waals surface area contributed by atoms with Crippen LogP contribution in [0.2, 0.25) is 0 Å². The predicted molar refractivity (Wildman–Crippen MR) is 109 cm³/mol. The summed E-state index contributed by atoms with van der Waals surface area (Å²) in [5, 5.41) is 0. The molecule has 2 heterocycles. The van der Waals surface area contributed by atoms with Crippen LogP contribution in [0, 0.1) is 0 Å². The number of para-hydroxylation sites is 1. The van der Waals surface area contributed by atoms with E-state index in [1.807, 2.05) is 55.1 Å². The molecule has 0 saturated heterocycles. The number of likely N-dealkylation sites (N-methyl/N-ethyl adjacent to an activating group) is 1. The molecule has 27 heavy (non-hydrogen) atoms. The summed E-state index contributed by atoms with van der Waals surface area (Å²) in [5.41, 5.74) is 3.88. The molecule has 0 fully saturated rings. The minimum Gasteiger partial charge on any atom is -0.314 e. The quantitative estimate of drug-likeness (QED) is 0.760. The normalized spacial score (nSPS) is 22.0. The molecule has 4 rings (SSSR count). The highest BCUT2D eigenvalue weighted by Gasteiger charge is 2.46. The molecule has 4 nitrogen and oxygen atoms in total. The zero-order valence-electron chi connectivity index (χ0n) is 16.8. The summed E-state index contributed by atoms with van der Waals surface area (Å²) in [6, 6.07) is 13.8. The van der Waals surface area contributed by atoms with Gasteiger partial charge in [-0.2, -0.15) is 0 Å². The van der Waals surface area contributed by atoms with Crippen molar-refractivity contribution in [3.05, 3.63) is 59.2 Å².